The Morgan fingerprint density at radius 1 is 1.39 bits per heavy atom. The summed E-state index contributed by atoms with van der Waals surface area (Å²) in [5, 5.41) is 5.96. The van der Waals surface area contributed by atoms with Crippen molar-refractivity contribution in [3.8, 4) is 0 Å². The minimum atomic E-state index is -0.0602. The molecule has 104 valence electrons. The topological polar surface area (TPSA) is 53.6 Å². The predicted octanol–water partition coefficient (Wildman–Crippen LogP) is 0.949. The number of piperidine rings is 1. The molecule has 2 rings (SSSR count). The Kier molecular flexibility index (Phi) is 5.26. The Hall–Kier alpha value is -0.810. The van der Waals surface area contributed by atoms with Gasteiger partial charge in [0.25, 0.3) is 0 Å². The van der Waals surface area contributed by atoms with Crippen molar-refractivity contribution in [3.05, 3.63) is 0 Å². The Morgan fingerprint density at radius 3 is 2.83 bits per heavy atom. The smallest absolute Gasteiger partial charge is 0.315 e. The van der Waals surface area contributed by atoms with Crippen molar-refractivity contribution < 1.29 is 9.53 Å². The van der Waals surface area contributed by atoms with Gasteiger partial charge in [-0.25, -0.2) is 4.79 Å². The van der Waals surface area contributed by atoms with Crippen LogP contribution in [0, 0.1) is 0 Å². The van der Waals surface area contributed by atoms with Crippen LogP contribution in [0.1, 0.15) is 32.6 Å². The first-order chi connectivity index (χ1) is 8.74. The number of ether oxygens (including phenoxy) is 1. The van der Waals surface area contributed by atoms with E-state index in [9.17, 15) is 4.79 Å². The fourth-order valence-corrected chi connectivity index (χ4v) is 2.67. The number of rotatable bonds is 4. The summed E-state index contributed by atoms with van der Waals surface area (Å²) in [4.78, 5) is 14.2. The number of carbonyl (C=O) groups excluding carboxylic acids is 1. The summed E-state index contributed by atoms with van der Waals surface area (Å²) in [7, 11) is 0. The van der Waals surface area contributed by atoms with Crippen molar-refractivity contribution in [1.29, 1.82) is 0 Å². The molecule has 0 aromatic carbocycles. The Morgan fingerprint density at radius 2 is 2.17 bits per heavy atom. The predicted molar refractivity (Wildman–Crippen MR) is 70.6 cm³/mol. The first kappa shape index (κ1) is 13.6. The van der Waals surface area contributed by atoms with E-state index in [1.165, 1.54) is 32.4 Å². The molecule has 5 heteroatoms. The van der Waals surface area contributed by atoms with Gasteiger partial charge in [0, 0.05) is 19.2 Å². The molecule has 0 radical (unpaired) electrons. The van der Waals surface area contributed by atoms with Crippen LogP contribution < -0.4 is 10.6 Å². The van der Waals surface area contributed by atoms with Gasteiger partial charge >= 0.3 is 6.03 Å². The Bertz CT molecular complexity index is 261. The van der Waals surface area contributed by atoms with Gasteiger partial charge in [-0.3, -0.25) is 0 Å². The molecule has 2 atom stereocenters. The average Bonchev–Trinajstić information content (AvgIpc) is 2.82. The lowest BCUT2D eigenvalue weighted by Crippen LogP contribution is -2.49. The van der Waals surface area contributed by atoms with Gasteiger partial charge < -0.3 is 20.3 Å². The normalized spacial score (nSPS) is 26.8. The van der Waals surface area contributed by atoms with Crippen LogP contribution in [-0.2, 0) is 4.74 Å². The highest BCUT2D eigenvalue weighted by Gasteiger charge is 2.19. The van der Waals surface area contributed by atoms with Crippen molar-refractivity contribution >= 4 is 6.03 Å². The molecule has 2 fully saturated rings. The summed E-state index contributed by atoms with van der Waals surface area (Å²) in [5.74, 6) is 0. The van der Waals surface area contributed by atoms with Crippen LogP contribution in [-0.4, -0.2) is 55.9 Å². The summed E-state index contributed by atoms with van der Waals surface area (Å²) in [6.07, 6.45) is 4.85. The minimum Gasteiger partial charge on any atom is -0.379 e. The molecule has 0 saturated carbocycles. The van der Waals surface area contributed by atoms with Crippen LogP contribution in [0.3, 0.4) is 0 Å². The Balaban J connectivity index is 1.62. The van der Waals surface area contributed by atoms with Gasteiger partial charge in [-0.2, -0.15) is 0 Å². The van der Waals surface area contributed by atoms with Gasteiger partial charge in [0.2, 0.25) is 0 Å². The largest absolute Gasteiger partial charge is 0.379 e. The minimum absolute atomic E-state index is 0.0602. The molecule has 5 nitrogen and oxygen atoms in total. The maximum Gasteiger partial charge on any atom is 0.315 e. The van der Waals surface area contributed by atoms with Gasteiger partial charge in [0.1, 0.15) is 0 Å². The van der Waals surface area contributed by atoms with E-state index in [2.05, 4.69) is 22.5 Å². The van der Waals surface area contributed by atoms with Crippen LogP contribution in [0.25, 0.3) is 0 Å². The molecule has 2 unspecified atom stereocenters. The molecule has 2 saturated heterocycles. The molecular weight excluding hydrogens is 230 g/mol. The first-order valence-corrected chi connectivity index (χ1v) is 7.11. The van der Waals surface area contributed by atoms with Crippen molar-refractivity contribution in [2.75, 3.05) is 32.8 Å². The molecule has 2 aliphatic rings. The van der Waals surface area contributed by atoms with Gasteiger partial charge in [0.15, 0.2) is 0 Å². The van der Waals surface area contributed by atoms with E-state index < -0.39 is 0 Å². The lowest BCUT2D eigenvalue weighted by molar-refractivity contribution is 0.186. The number of hydrogen-bond donors (Lipinski definition) is 2. The third-order valence-electron chi connectivity index (χ3n) is 3.62. The number of nitrogens with zero attached hydrogens (tertiary/aromatic N) is 1. The summed E-state index contributed by atoms with van der Waals surface area (Å²) < 4.78 is 5.23. The molecule has 0 spiro atoms. The molecule has 18 heavy (non-hydrogen) atoms. The molecule has 2 amide bonds. The zero-order valence-electron chi connectivity index (χ0n) is 11.3. The summed E-state index contributed by atoms with van der Waals surface area (Å²) in [6.45, 7) is 6.77. The second-order valence-corrected chi connectivity index (χ2v) is 5.44. The number of urea groups is 1. The summed E-state index contributed by atoms with van der Waals surface area (Å²) >= 11 is 0. The molecule has 0 aliphatic carbocycles. The maximum atomic E-state index is 11.8. The molecular formula is C13H25N3O2. The standard InChI is InChI=1S/C13H25N3O2/c1-11(9-16-6-3-2-4-7-16)14-13(17)15-12-5-8-18-10-12/h11-12H,2-10H2,1H3,(H2,14,15,17). The highest BCUT2D eigenvalue weighted by atomic mass is 16.5. The molecule has 0 aromatic rings. The third kappa shape index (κ3) is 4.46. The number of likely N-dealkylation sites (tertiary alicyclic amines) is 1. The number of amides is 2. The van der Waals surface area contributed by atoms with Crippen molar-refractivity contribution in [2.24, 2.45) is 0 Å². The number of hydrogen-bond acceptors (Lipinski definition) is 3. The van der Waals surface area contributed by atoms with Crippen LogP contribution in [0.4, 0.5) is 4.79 Å². The summed E-state index contributed by atoms with van der Waals surface area (Å²) in [6, 6.07) is 0.326. The monoisotopic (exact) mass is 255 g/mol. The van der Waals surface area contributed by atoms with E-state index in [4.69, 9.17) is 4.74 Å². The highest BCUT2D eigenvalue weighted by molar-refractivity contribution is 5.74. The molecule has 2 heterocycles. The van der Waals surface area contributed by atoms with E-state index in [0.29, 0.717) is 6.61 Å². The number of carbonyl (C=O) groups is 1. The van der Waals surface area contributed by atoms with Crippen LogP contribution in [0.15, 0.2) is 0 Å². The van der Waals surface area contributed by atoms with Crippen molar-refractivity contribution in [1.82, 2.24) is 15.5 Å². The van der Waals surface area contributed by atoms with Crippen molar-refractivity contribution in [2.45, 2.75) is 44.7 Å². The maximum absolute atomic E-state index is 11.8. The SMILES string of the molecule is CC(CN1CCCCC1)NC(=O)NC1CCOC1. The second kappa shape index (κ2) is 6.95. The van der Waals surface area contributed by atoms with Crippen LogP contribution in [0.2, 0.25) is 0 Å². The van der Waals surface area contributed by atoms with E-state index in [1.54, 1.807) is 0 Å². The molecule has 0 bridgehead atoms. The zero-order valence-corrected chi connectivity index (χ0v) is 11.3. The van der Waals surface area contributed by atoms with E-state index in [-0.39, 0.29) is 18.1 Å². The zero-order chi connectivity index (χ0) is 12.8. The molecule has 2 aliphatic heterocycles. The average molecular weight is 255 g/mol. The first-order valence-electron chi connectivity index (χ1n) is 7.11. The Labute approximate surface area is 109 Å². The van der Waals surface area contributed by atoms with Crippen molar-refractivity contribution in [3.63, 3.8) is 0 Å². The van der Waals surface area contributed by atoms with E-state index >= 15 is 0 Å². The fourth-order valence-electron chi connectivity index (χ4n) is 2.67. The van der Waals surface area contributed by atoms with E-state index in [0.717, 1.165) is 19.6 Å². The van der Waals surface area contributed by atoms with Gasteiger partial charge in [0.05, 0.1) is 12.6 Å². The molecule has 0 aromatic heterocycles. The quantitative estimate of drug-likeness (QED) is 0.786. The third-order valence-corrected chi connectivity index (χ3v) is 3.62. The summed E-state index contributed by atoms with van der Waals surface area (Å²) in [5.41, 5.74) is 0. The second-order valence-electron chi connectivity index (χ2n) is 5.44. The highest BCUT2D eigenvalue weighted by Crippen LogP contribution is 2.08. The van der Waals surface area contributed by atoms with Crippen LogP contribution >= 0.6 is 0 Å². The van der Waals surface area contributed by atoms with E-state index in [1.807, 2.05) is 0 Å². The van der Waals surface area contributed by atoms with Crippen LogP contribution in [0.5, 0.6) is 0 Å². The molecule has 2 N–H and O–H groups in total. The lowest BCUT2D eigenvalue weighted by Gasteiger charge is -2.29. The van der Waals surface area contributed by atoms with Gasteiger partial charge in [-0.15, -0.1) is 0 Å². The van der Waals surface area contributed by atoms with Gasteiger partial charge in [-0.05, 0) is 39.3 Å². The fraction of sp³-hybridized carbons (Fsp3) is 0.923. The number of nitrogens with one attached hydrogen (secondary N) is 2. The van der Waals surface area contributed by atoms with Gasteiger partial charge in [-0.1, -0.05) is 6.42 Å². The lowest BCUT2D eigenvalue weighted by atomic mass is 10.1.